The largest absolute Gasteiger partial charge is 0.509 e. The lowest BCUT2D eigenvalue weighted by atomic mass is 10.1. The topological polar surface area (TPSA) is 71.1 Å². The summed E-state index contributed by atoms with van der Waals surface area (Å²) in [7, 11) is 0. The van der Waals surface area contributed by atoms with Gasteiger partial charge in [0.05, 0.1) is 0 Å². The average molecular weight is 375 g/mol. The Morgan fingerprint density at radius 2 is 1.27 bits per heavy atom. The zero-order valence-electron chi connectivity index (χ0n) is 17.7. The van der Waals surface area contributed by atoms with Crippen LogP contribution in [0.1, 0.15) is 93.4 Å². The van der Waals surface area contributed by atoms with Gasteiger partial charge in [-0.2, -0.15) is 0 Å². The fourth-order valence-corrected chi connectivity index (χ4v) is 2.18. The monoisotopic (exact) mass is 374 g/mol. The third-order valence-electron chi connectivity index (χ3n) is 3.31. The molecule has 0 aliphatic heterocycles. The third-order valence-corrected chi connectivity index (χ3v) is 3.31. The van der Waals surface area contributed by atoms with Crippen LogP contribution in [0.15, 0.2) is 0 Å². The van der Waals surface area contributed by atoms with Crippen molar-refractivity contribution in [3.8, 4) is 0 Å². The second kappa shape index (κ2) is 12.0. The van der Waals surface area contributed by atoms with Crippen molar-refractivity contribution in [2.75, 3.05) is 6.61 Å². The van der Waals surface area contributed by atoms with E-state index >= 15 is 0 Å². The minimum atomic E-state index is -0.766. The first-order valence-corrected chi connectivity index (χ1v) is 9.68. The fourth-order valence-electron chi connectivity index (χ4n) is 2.18. The van der Waals surface area contributed by atoms with Crippen LogP contribution in [0.3, 0.4) is 0 Å². The van der Waals surface area contributed by atoms with Crippen LogP contribution in [0.4, 0.5) is 9.59 Å². The molecule has 6 heteroatoms. The van der Waals surface area contributed by atoms with Crippen molar-refractivity contribution in [1.29, 1.82) is 0 Å². The van der Waals surface area contributed by atoms with E-state index in [1.807, 2.05) is 0 Å². The first kappa shape index (κ1) is 24.5. The Bertz CT molecular complexity index is 406. The summed E-state index contributed by atoms with van der Waals surface area (Å²) in [4.78, 5) is 23.6. The van der Waals surface area contributed by atoms with Gasteiger partial charge >= 0.3 is 12.3 Å². The predicted molar refractivity (Wildman–Crippen MR) is 101 cm³/mol. The molecular formula is C20H38O6. The number of ether oxygens (including phenoxy) is 4. The van der Waals surface area contributed by atoms with Crippen LogP contribution in [-0.4, -0.2) is 36.2 Å². The SMILES string of the molecule is CCCCCCCCC(COC(=O)OC(C)(C)C)OC(=O)OC(C)(C)C. The lowest BCUT2D eigenvalue weighted by molar-refractivity contribution is -0.0575. The Morgan fingerprint density at radius 3 is 1.81 bits per heavy atom. The Balaban J connectivity index is 4.43. The molecule has 0 aromatic heterocycles. The van der Waals surface area contributed by atoms with Gasteiger partial charge in [0.1, 0.15) is 23.9 Å². The molecule has 0 spiro atoms. The zero-order chi connectivity index (χ0) is 20.2. The van der Waals surface area contributed by atoms with E-state index in [9.17, 15) is 9.59 Å². The van der Waals surface area contributed by atoms with Crippen molar-refractivity contribution in [1.82, 2.24) is 0 Å². The predicted octanol–water partition coefficient (Wildman–Crippen LogP) is 6.01. The van der Waals surface area contributed by atoms with Crippen LogP contribution in [0.25, 0.3) is 0 Å². The molecule has 0 amide bonds. The molecular weight excluding hydrogens is 336 g/mol. The van der Waals surface area contributed by atoms with Crippen LogP contribution in [0.5, 0.6) is 0 Å². The van der Waals surface area contributed by atoms with E-state index in [1.165, 1.54) is 19.3 Å². The number of carbonyl (C=O) groups excluding carboxylic acids is 2. The van der Waals surface area contributed by atoms with Crippen molar-refractivity contribution in [2.24, 2.45) is 0 Å². The summed E-state index contributed by atoms with van der Waals surface area (Å²) >= 11 is 0. The maximum Gasteiger partial charge on any atom is 0.509 e. The van der Waals surface area contributed by atoms with E-state index in [0.717, 1.165) is 19.3 Å². The molecule has 0 aromatic rings. The summed E-state index contributed by atoms with van der Waals surface area (Å²) in [6.45, 7) is 12.7. The number of unbranched alkanes of at least 4 members (excludes halogenated alkanes) is 5. The van der Waals surface area contributed by atoms with E-state index < -0.39 is 29.6 Å². The molecule has 0 aromatic carbocycles. The zero-order valence-corrected chi connectivity index (χ0v) is 17.7. The van der Waals surface area contributed by atoms with E-state index in [1.54, 1.807) is 41.5 Å². The highest BCUT2D eigenvalue weighted by Crippen LogP contribution is 2.15. The normalized spacial score (nSPS) is 13.0. The molecule has 6 nitrogen and oxygen atoms in total. The standard InChI is InChI=1S/C20H38O6/c1-8-9-10-11-12-13-14-16(24-18(22)26-20(5,6)7)15-23-17(21)25-19(2,3)4/h16H,8-15H2,1-7H3. The first-order valence-electron chi connectivity index (χ1n) is 9.68. The Morgan fingerprint density at radius 1 is 0.769 bits per heavy atom. The molecule has 1 unspecified atom stereocenters. The molecule has 0 fully saturated rings. The Kier molecular flexibility index (Phi) is 11.3. The average Bonchev–Trinajstić information content (AvgIpc) is 2.44. The molecule has 0 saturated heterocycles. The van der Waals surface area contributed by atoms with Gasteiger partial charge < -0.3 is 18.9 Å². The minimum absolute atomic E-state index is 0.0386. The molecule has 0 saturated carbocycles. The van der Waals surface area contributed by atoms with Gasteiger partial charge in [-0.15, -0.1) is 0 Å². The molecule has 1 atom stereocenters. The maximum absolute atomic E-state index is 11.9. The van der Waals surface area contributed by atoms with Gasteiger partial charge in [0.25, 0.3) is 0 Å². The Hall–Kier alpha value is -1.46. The van der Waals surface area contributed by atoms with Gasteiger partial charge in [-0.3, -0.25) is 0 Å². The molecule has 26 heavy (non-hydrogen) atoms. The molecule has 154 valence electrons. The van der Waals surface area contributed by atoms with Gasteiger partial charge in [0.2, 0.25) is 0 Å². The highest BCUT2D eigenvalue weighted by molar-refractivity contribution is 5.61. The Labute approximate surface area is 158 Å². The quantitative estimate of drug-likeness (QED) is 0.344. The van der Waals surface area contributed by atoms with Crippen molar-refractivity contribution in [3.05, 3.63) is 0 Å². The molecule has 0 radical (unpaired) electrons. The third kappa shape index (κ3) is 16.0. The van der Waals surface area contributed by atoms with Crippen molar-refractivity contribution in [3.63, 3.8) is 0 Å². The first-order chi connectivity index (χ1) is 11.9. The van der Waals surface area contributed by atoms with Crippen LogP contribution < -0.4 is 0 Å². The van der Waals surface area contributed by atoms with Crippen LogP contribution in [0, 0.1) is 0 Å². The number of hydrogen-bond donors (Lipinski definition) is 0. The van der Waals surface area contributed by atoms with Gasteiger partial charge in [-0.25, -0.2) is 9.59 Å². The van der Waals surface area contributed by atoms with Crippen molar-refractivity contribution >= 4 is 12.3 Å². The van der Waals surface area contributed by atoms with Crippen LogP contribution in [0.2, 0.25) is 0 Å². The van der Waals surface area contributed by atoms with Crippen LogP contribution >= 0.6 is 0 Å². The smallest absolute Gasteiger partial charge is 0.430 e. The van der Waals surface area contributed by atoms with E-state index in [0.29, 0.717) is 6.42 Å². The highest BCUT2D eigenvalue weighted by atomic mass is 16.8. The molecule has 0 N–H and O–H groups in total. The second-order valence-electron chi connectivity index (χ2n) is 8.54. The summed E-state index contributed by atoms with van der Waals surface area (Å²) in [6, 6.07) is 0. The number of carbonyl (C=O) groups is 2. The van der Waals surface area contributed by atoms with Gasteiger partial charge in [-0.05, 0) is 54.4 Å². The summed E-state index contributed by atoms with van der Waals surface area (Å²) in [5.41, 5.74) is -1.26. The maximum atomic E-state index is 11.9. The number of hydrogen-bond acceptors (Lipinski definition) is 6. The van der Waals surface area contributed by atoms with Gasteiger partial charge in [-0.1, -0.05) is 39.0 Å². The van der Waals surface area contributed by atoms with Gasteiger partial charge in [0.15, 0.2) is 0 Å². The summed E-state index contributed by atoms with van der Waals surface area (Å²) in [5, 5.41) is 0. The van der Waals surface area contributed by atoms with Gasteiger partial charge in [0, 0.05) is 0 Å². The summed E-state index contributed by atoms with van der Waals surface area (Å²) in [6.07, 6.45) is 5.32. The summed E-state index contributed by atoms with van der Waals surface area (Å²) < 4.78 is 20.7. The second-order valence-corrected chi connectivity index (χ2v) is 8.54. The lowest BCUT2D eigenvalue weighted by Gasteiger charge is -2.23. The van der Waals surface area contributed by atoms with Crippen molar-refractivity contribution < 1.29 is 28.5 Å². The molecule has 0 rings (SSSR count). The van der Waals surface area contributed by atoms with E-state index in [2.05, 4.69) is 6.92 Å². The van der Waals surface area contributed by atoms with Crippen molar-refractivity contribution in [2.45, 2.75) is 111 Å². The molecule has 0 aliphatic carbocycles. The summed E-state index contributed by atoms with van der Waals surface area (Å²) in [5.74, 6) is 0. The number of rotatable bonds is 10. The molecule has 0 heterocycles. The van der Waals surface area contributed by atoms with Crippen LogP contribution in [-0.2, 0) is 18.9 Å². The van der Waals surface area contributed by atoms with E-state index in [4.69, 9.17) is 18.9 Å². The molecule has 0 bridgehead atoms. The lowest BCUT2D eigenvalue weighted by Crippen LogP contribution is -2.31. The fraction of sp³-hybridized carbons (Fsp3) is 0.900. The molecule has 0 aliphatic rings. The highest BCUT2D eigenvalue weighted by Gasteiger charge is 2.24. The van der Waals surface area contributed by atoms with E-state index in [-0.39, 0.29) is 6.61 Å². The minimum Gasteiger partial charge on any atom is -0.430 e.